The Kier molecular flexibility index (Phi) is 7.13. The van der Waals surface area contributed by atoms with Gasteiger partial charge in [0.05, 0.1) is 19.8 Å². The zero-order chi connectivity index (χ0) is 21.3. The Morgan fingerprint density at radius 1 is 0.903 bits per heavy atom. The third kappa shape index (κ3) is 5.83. The number of benzene rings is 2. The maximum atomic E-state index is 13.0. The first-order chi connectivity index (χ1) is 15.3. The fourth-order valence-corrected chi connectivity index (χ4v) is 3.43. The Hall–Kier alpha value is -3.38. The lowest BCUT2D eigenvalue weighted by Gasteiger charge is -2.23. The van der Waals surface area contributed by atoms with Gasteiger partial charge in [-0.3, -0.25) is 4.79 Å². The zero-order valence-corrected chi connectivity index (χ0v) is 17.4. The van der Waals surface area contributed by atoms with Crippen LogP contribution < -0.4 is 9.47 Å². The van der Waals surface area contributed by atoms with Crippen molar-refractivity contribution >= 4 is 5.91 Å². The molecule has 0 N–H and O–H groups in total. The lowest BCUT2D eigenvalue weighted by Crippen LogP contribution is -2.34. The Labute approximate surface area is 182 Å². The third-order valence-corrected chi connectivity index (χ3v) is 5.08. The lowest BCUT2D eigenvalue weighted by molar-refractivity contribution is -0.132. The van der Waals surface area contributed by atoms with Gasteiger partial charge in [0.15, 0.2) is 11.5 Å². The molecule has 6 nitrogen and oxygen atoms in total. The van der Waals surface area contributed by atoms with Gasteiger partial charge in [-0.1, -0.05) is 48.5 Å². The van der Waals surface area contributed by atoms with Gasteiger partial charge in [-0.25, -0.2) is 4.98 Å². The van der Waals surface area contributed by atoms with Crippen molar-refractivity contribution < 1.29 is 19.0 Å². The van der Waals surface area contributed by atoms with Crippen LogP contribution in [-0.2, 0) is 22.5 Å². The summed E-state index contributed by atoms with van der Waals surface area (Å²) in [6, 6.07) is 21.3. The van der Waals surface area contributed by atoms with E-state index < -0.39 is 0 Å². The SMILES string of the molecule is O=C(CCc1ccccc1)N1CCOCCOc2ccccc2Oc2ncccc2C1. The normalized spacial score (nSPS) is 14.5. The van der Waals surface area contributed by atoms with Gasteiger partial charge < -0.3 is 19.1 Å². The van der Waals surface area contributed by atoms with E-state index in [1.807, 2.05) is 71.6 Å². The average molecular weight is 418 g/mol. The first-order valence-electron chi connectivity index (χ1n) is 10.5. The van der Waals surface area contributed by atoms with Crippen molar-refractivity contribution in [3.05, 3.63) is 84.1 Å². The summed E-state index contributed by atoms with van der Waals surface area (Å²) in [6.45, 7) is 2.18. The highest BCUT2D eigenvalue weighted by molar-refractivity contribution is 5.76. The highest BCUT2D eigenvalue weighted by Crippen LogP contribution is 2.32. The van der Waals surface area contributed by atoms with Gasteiger partial charge in [-0.05, 0) is 30.2 Å². The van der Waals surface area contributed by atoms with Crippen LogP contribution in [-0.4, -0.2) is 42.2 Å². The van der Waals surface area contributed by atoms with Gasteiger partial charge in [0, 0.05) is 24.7 Å². The van der Waals surface area contributed by atoms with Crippen LogP contribution in [0.3, 0.4) is 0 Å². The molecule has 4 rings (SSSR count). The minimum atomic E-state index is 0.0776. The molecule has 0 saturated heterocycles. The van der Waals surface area contributed by atoms with Crippen molar-refractivity contribution in [1.82, 2.24) is 9.88 Å². The fourth-order valence-electron chi connectivity index (χ4n) is 3.43. The van der Waals surface area contributed by atoms with Crippen molar-refractivity contribution in [3.8, 4) is 17.4 Å². The molecule has 0 unspecified atom stereocenters. The van der Waals surface area contributed by atoms with Crippen LogP contribution in [0.4, 0.5) is 0 Å². The monoisotopic (exact) mass is 418 g/mol. The number of carbonyl (C=O) groups excluding carboxylic acids is 1. The quantitative estimate of drug-likeness (QED) is 0.637. The number of fused-ring (bicyclic) bond motifs is 2. The van der Waals surface area contributed by atoms with Gasteiger partial charge in [0.2, 0.25) is 11.8 Å². The number of hydrogen-bond donors (Lipinski definition) is 0. The van der Waals surface area contributed by atoms with Crippen LogP contribution in [0.25, 0.3) is 0 Å². The Morgan fingerprint density at radius 2 is 1.71 bits per heavy atom. The first kappa shape index (κ1) is 20.9. The molecule has 0 aliphatic carbocycles. The molecule has 2 aromatic carbocycles. The molecule has 160 valence electrons. The van der Waals surface area contributed by atoms with E-state index in [0.29, 0.717) is 63.1 Å². The number of rotatable bonds is 3. The largest absolute Gasteiger partial charge is 0.487 e. The third-order valence-electron chi connectivity index (χ3n) is 5.08. The predicted molar refractivity (Wildman–Crippen MR) is 117 cm³/mol. The summed E-state index contributed by atoms with van der Waals surface area (Å²) in [6.07, 6.45) is 2.83. The maximum Gasteiger partial charge on any atom is 0.224 e. The van der Waals surface area contributed by atoms with Crippen LogP contribution in [0.1, 0.15) is 17.5 Å². The van der Waals surface area contributed by atoms with E-state index in [2.05, 4.69) is 4.98 Å². The minimum absolute atomic E-state index is 0.0776. The van der Waals surface area contributed by atoms with E-state index in [-0.39, 0.29) is 5.91 Å². The molecule has 1 aliphatic heterocycles. The topological polar surface area (TPSA) is 60.9 Å². The van der Waals surface area contributed by atoms with Crippen molar-refractivity contribution in [2.75, 3.05) is 26.4 Å². The van der Waals surface area contributed by atoms with Crippen LogP contribution in [0, 0.1) is 0 Å². The highest BCUT2D eigenvalue weighted by atomic mass is 16.5. The standard InChI is InChI=1S/C25H26N2O4/c28-24(13-12-20-7-2-1-3-8-20)27-15-16-29-17-18-30-22-10-4-5-11-23(22)31-25-21(19-27)9-6-14-26-25/h1-11,14H,12-13,15-19H2. The second-order valence-corrected chi connectivity index (χ2v) is 7.28. The Morgan fingerprint density at radius 3 is 2.58 bits per heavy atom. The second kappa shape index (κ2) is 10.6. The van der Waals surface area contributed by atoms with Crippen molar-refractivity contribution in [2.24, 2.45) is 0 Å². The van der Waals surface area contributed by atoms with Gasteiger partial charge in [-0.2, -0.15) is 0 Å². The molecule has 1 amide bonds. The highest BCUT2D eigenvalue weighted by Gasteiger charge is 2.18. The summed E-state index contributed by atoms with van der Waals surface area (Å²) in [5, 5.41) is 0. The summed E-state index contributed by atoms with van der Waals surface area (Å²) in [4.78, 5) is 19.3. The number of ether oxygens (including phenoxy) is 3. The Balaban J connectivity index is 1.54. The number of para-hydroxylation sites is 2. The molecule has 2 heterocycles. The predicted octanol–water partition coefficient (Wildman–Crippen LogP) is 4.24. The summed E-state index contributed by atoms with van der Waals surface area (Å²) in [5.41, 5.74) is 1.99. The molecule has 0 spiro atoms. The molecule has 3 aromatic rings. The molecular formula is C25H26N2O4. The van der Waals surface area contributed by atoms with Crippen LogP contribution in [0.5, 0.6) is 17.4 Å². The van der Waals surface area contributed by atoms with Crippen LogP contribution >= 0.6 is 0 Å². The van der Waals surface area contributed by atoms with Gasteiger partial charge in [-0.15, -0.1) is 0 Å². The van der Waals surface area contributed by atoms with E-state index in [4.69, 9.17) is 14.2 Å². The summed E-state index contributed by atoms with van der Waals surface area (Å²) in [5.74, 6) is 1.77. The van der Waals surface area contributed by atoms with Gasteiger partial charge >= 0.3 is 0 Å². The van der Waals surface area contributed by atoms with Crippen molar-refractivity contribution in [1.29, 1.82) is 0 Å². The summed E-state index contributed by atoms with van der Waals surface area (Å²) in [7, 11) is 0. The van der Waals surface area contributed by atoms with Crippen LogP contribution in [0.15, 0.2) is 72.9 Å². The minimum Gasteiger partial charge on any atom is -0.487 e. The van der Waals surface area contributed by atoms with Gasteiger partial charge in [0.25, 0.3) is 0 Å². The van der Waals surface area contributed by atoms with E-state index in [0.717, 1.165) is 11.1 Å². The van der Waals surface area contributed by atoms with Crippen LogP contribution in [0.2, 0.25) is 0 Å². The molecule has 6 heteroatoms. The first-order valence-corrected chi connectivity index (χ1v) is 10.5. The molecule has 0 saturated carbocycles. The van der Waals surface area contributed by atoms with E-state index in [1.54, 1.807) is 6.20 Å². The van der Waals surface area contributed by atoms with E-state index in [1.165, 1.54) is 0 Å². The molecule has 1 aromatic heterocycles. The molecule has 0 atom stereocenters. The number of amides is 1. The molecule has 0 fully saturated rings. The smallest absolute Gasteiger partial charge is 0.224 e. The molecule has 1 aliphatic rings. The van der Waals surface area contributed by atoms with Crippen molar-refractivity contribution in [3.63, 3.8) is 0 Å². The number of carbonyl (C=O) groups is 1. The number of hydrogen-bond acceptors (Lipinski definition) is 5. The number of nitrogens with zero attached hydrogens (tertiary/aromatic N) is 2. The molecular weight excluding hydrogens is 392 g/mol. The average Bonchev–Trinajstić information content (AvgIpc) is 2.82. The van der Waals surface area contributed by atoms with Crippen molar-refractivity contribution in [2.45, 2.75) is 19.4 Å². The number of aryl methyl sites for hydroxylation is 1. The van der Waals surface area contributed by atoms with E-state index in [9.17, 15) is 4.79 Å². The second-order valence-electron chi connectivity index (χ2n) is 7.28. The Bertz CT molecular complexity index is 994. The number of aromatic nitrogens is 1. The molecule has 0 radical (unpaired) electrons. The molecule has 0 bridgehead atoms. The zero-order valence-electron chi connectivity index (χ0n) is 17.4. The van der Waals surface area contributed by atoms with Gasteiger partial charge in [0.1, 0.15) is 6.61 Å². The van der Waals surface area contributed by atoms with E-state index >= 15 is 0 Å². The number of pyridine rings is 1. The maximum absolute atomic E-state index is 13.0. The summed E-state index contributed by atoms with van der Waals surface area (Å²) >= 11 is 0. The fraction of sp³-hybridized carbons (Fsp3) is 0.280. The summed E-state index contributed by atoms with van der Waals surface area (Å²) < 4.78 is 17.6. The molecule has 31 heavy (non-hydrogen) atoms. The lowest BCUT2D eigenvalue weighted by atomic mass is 10.1.